The maximum absolute atomic E-state index is 2.44. The summed E-state index contributed by atoms with van der Waals surface area (Å²) in [5.74, 6) is 0.725. The van der Waals surface area contributed by atoms with Gasteiger partial charge in [-0.1, -0.05) is 0 Å². The van der Waals surface area contributed by atoms with E-state index in [0.29, 0.717) is 0 Å². The molecule has 0 aromatic rings. The molecule has 0 aromatic carbocycles. The van der Waals surface area contributed by atoms with Gasteiger partial charge >= 0.3 is 78.0 Å². The van der Waals surface area contributed by atoms with Crippen molar-refractivity contribution in [1.82, 2.24) is 0 Å². The molecule has 0 rings (SSSR count). The number of unbranched alkanes of at least 4 members (excludes halogenated alkanes) is 1. The molecule has 0 aliphatic rings. The summed E-state index contributed by atoms with van der Waals surface area (Å²) in [4.78, 5) is 0. The zero-order chi connectivity index (χ0) is 9.40. The zero-order valence-corrected chi connectivity index (χ0v) is 9.19. The normalized spacial score (nSPS) is 11.9. The summed E-state index contributed by atoms with van der Waals surface area (Å²) in [6.45, 7) is 11.5. The van der Waals surface area contributed by atoms with E-state index < -0.39 is 0 Å². The van der Waals surface area contributed by atoms with Gasteiger partial charge in [-0.2, -0.15) is 0 Å². The summed E-state index contributed by atoms with van der Waals surface area (Å²) in [7, 11) is 0. The predicted octanol–water partition coefficient (Wildman–Crippen LogP) is 3.68. The van der Waals surface area contributed by atoms with Crippen LogP contribution in [0.25, 0.3) is 0 Å². The molecule has 0 N–H and O–H groups in total. The molecule has 0 amide bonds. The second-order valence-electron chi connectivity index (χ2n) is 3.92. The number of hydrogen-bond donors (Lipinski definition) is 0. The molecule has 12 heavy (non-hydrogen) atoms. The van der Waals surface area contributed by atoms with Gasteiger partial charge in [-0.3, -0.25) is 0 Å². The van der Waals surface area contributed by atoms with Crippen LogP contribution in [0.5, 0.6) is 0 Å². The molecule has 0 aromatic heterocycles. The monoisotopic (exact) mass is 166 g/mol. The van der Waals surface area contributed by atoms with Crippen molar-refractivity contribution >= 4 is 12.4 Å². The third-order valence-corrected chi connectivity index (χ3v) is 1.99. The molecule has 0 saturated carbocycles. The van der Waals surface area contributed by atoms with E-state index >= 15 is 0 Å². The first kappa shape index (κ1) is 11.9. The molecule has 0 bridgehead atoms. The summed E-state index contributed by atoms with van der Waals surface area (Å²) >= 11 is 0. The van der Waals surface area contributed by atoms with Crippen molar-refractivity contribution < 1.29 is 0 Å². The fourth-order valence-corrected chi connectivity index (χ4v) is 1.49. The maximum atomic E-state index is 2.44. The molecule has 0 aliphatic heterocycles. The van der Waals surface area contributed by atoms with Crippen molar-refractivity contribution in [2.24, 2.45) is 0 Å². The van der Waals surface area contributed by atoms with Gasteiger partial charge in [0.1, 0.15) is 0 Å². The molecule has 0 nitrogen and oxygen atoms in total. The van der Waals surface area contributed by atoms with Gasteiger partial charge in [0.15, 0.2) is 0 Å². The Morgan fingerprint density at radius 2 is 1.75 bits per heavy atom. The van der Waals surface area contributed by atoms with Crippen molar-refractivity contribution in [2.45, 2.75) is 65.6 Å². The van der Waals surface area contributed by atoms with E-state index in [9.17, 15) is 0 Å². The molecule has 70 valence electrons. The van der Waals surface area contributed by atoms with E-state index in [1.54, 1.807) is 5.46 Å². The van der Waals surface area contributed by atoms with Crippen LogP contribution < -0.4 is 0 Å². The Hall–Kier alpha value is -0.0651. The van der Waals surface area contributed by atoms with Crippen molar-refractivity contribution in [2.75, 3.05) is 0 Å². The van der Waals surface area contributed by atoms with Gasteiger partial charge in [0, 0.05) is 0 Å². The molecular weight excluding hydrogens is 143 g/mol. The molecule has 0 fully saturated rings. The molecule has 0 spiro atoms. The van der Waals surface area contributed by atoms with Crippen LogP contribution in [0.15, 0.2) is 0 Å². The number of rotatable bonds is 6. The Bertz CT molecular complexity index is 125. The summed E-state index contributed by atoms with van der Waals surface area (Å²) < 4.78 is 0. The molecule has 0 aliphatic carbocycles. The van der Waals surface area contributed by atoms with Gasteiger partial charge in [-0.25, -0.2) is 0 Å². The predicted molar refractivity (Wildman–Crippen MR) is 60.3 cm³/mol. The van der Waals surface area contributed by atoms with Crippen LogP contribution in [0, 0.1) is 0 Å². The summed E-state index contributed by atoms with van der Waals surface area (Å²) in [5, 5.41) is 0. The van der Waals surface area contributed by atoms with E-state index in [0.717, 1.165) is 5.82 Å². The third kappa shape index (κ3) is 6.63. The quantitative estimate of drug-likeness (QED) is 0.528. The van der Waals surface area contributed by atoms with Crippen LogP contribution in [0.1, 0.15) is 59.8 Å². The van der Waals surface area contributed by atoms with Gasteiger partial charge < -0.3 is 0 Å². The minimum absolute atomic E-state index is 0.725. The number of hydrogen-bond acceptors (Lipinski definition) is 0. The summed E-state index contributed by atoms with van der Waals surface area (Å²) in [5.41, 5.74) is 1.68. The first-order chi connectivity index (χ1) is 5.70. The summed E-state index contributed by atoms with van der Waals surface area (Å²) in [6, 6.07) is 0. The second kappa shape index (κ2) is 7.58. The zero-order valence-electron chi connectivity index (χ0n) is 9.19. The Kier molecular flexibility index (Phi) is 7.54. The SMILES string of the molecule is CCCCC(=BC(C)C)CCC. The van der Waals surface area contributed by atoms with Gasteiger partial charge in [-0.15, -0.1) is 0 Å². The van der Waals surface area contributed by atoms with Crippen molar-refractivity contribution in [3.8, 4) is 0 Å². The fraction of sp³-hybridized carbons (Fsp3) is 0.909. The van der Waals surface area contributed by atoms with Crippen molar-refractivity contribution in [1.29, 1.82) is 0 Å². The molecule has 0 saturated heterocycles. The van der Waals surface area contributed by atoms with Crippen LogP contribution in [-0.4, -0.2) is 12.4 Å². The molecule has 0 heterocycles. The Morgan fingerprint density at radius 3 is 2.17 bits per heavy atom. The first-order valence-electron chi connectivity index (χ1n) is 5.40. The Balaban J connectivity index is 3.85. The van der Waals surface area contributed by atoms with Gasteiger partial charge in [0.05, 0.1) is 0 Å². The first-order valence-corrected chi connectivity index (χ1v) is 5.40. The van der Waals surface area contributed by atoms with E-state index in [4.69, 9.17) is 0 Å². The van der Waals surface area contributed by atoms with Gasteiger partial charge in [0.2, 0.25) is 0 Å². The Labute approximate surface area is 78.7 Å². The molecule has 1 heteroatoms. The van der Waals surface area contributed by atoms with Crippen molar-refractivity contribution in [3.05, 3.63) is 0 Å². The van der Waals surface area contributed by atoms with E-state index in [1.165, 1.54) is 32.1 Å². The van der Waals surface area contributed by atoms with Crippen LogP contribution in [0.3, 0.4) is 0 Å². The van der Waals surface area contributed by atoms with Gasteiger partial charge in [-0.05, 0) is 0 Å². The van der Waals surface area contributed by atoms with Crippen LogP contribution >= 0.6 is 0 Å². The van der Waals surface area contributed by atoms with E-state index in [2.05, 4.69) is 34.6 Å². The average Bonchev–Trinajstić information content (AvgIpc) is 2.00. The molecule has 0 unspecified atom stereocenters. The van der Waals surface area contributed by atoms with E-state index in [-0.39, 0.29) is 0 Å². The molecule has 0 radical (unpaired) electrons. The van der Waals surface area contributed by atoms with Crippen LogP contribution in [0.2, 0.25) is 5.82 Å². The average molecular weight is 166 g/mol. The van der Waals surface area contributed by atoms with Gasteiger partial charge in [0.25, 0.3) is 0 Å². The topological polar surface area (TPSA) is 0 Å². The fourth-order valence-electron chi connectivity index (χ4n) is 1.49. The van der Waals surface area contributed by atoms with Crippen molar-refractivity contribution in [3.63, 3.8) is 0 Å². The van der Waals surface area contributed by atoms with Crippen LogP contribution in [-0.2, 0) is 0 Å². The summed E-state index contributed by atoms with van der Waals surface area (Å²) in [6.07, 6.45) is 6.60. The molecule has 0 atom stereocenters. The van der Waals surface area contributed by atoms with E-state index in [1.807, 2.05) is 0 Å². The van der Waals surface area contributed by atoms with Crippen LogP contribution in [0.4, 0.5) is 0 Å². The minimum atomic E-state index is 0.725. The Morgan fingerprint density at radius 1 is 1.08 bits per heavy atom. The second-order valence-corrected chi connectivity index (χ2v) is 3.92. The molecular formula is C11H23B. The standard InChI is InChI=1S/C11H23B/c1-5-7-9-11(8-6-2)12-10(3)4/h10H,5-9H2,1-4H3. The third-order valence-electron chi connectivity index (χ3n) is 1.99.